The molecule has 0 saturated carbocycles. The third kappa shape index (κ3) is 3.55. The number of carbonyl (C=O) groups excluding carboxylic acids is 2. The maximum absolute atomic E-state index is 12.1. The molecule has 3 rings (SSSR count). The van der Waals surface area contributed by atoms with Gasteiger partial charge in [0.2, 0.25) is 5.91 Å². The zero-order valence-electron chi connectivity index (χ0n) is 13.2. The van der Waals surface area contributed by atoms with E-state index in [1.165, 1.54) is 13.0 Å². The van der Waals surface area contributed by atoms with Crippen molar-refractivity contribution in [3.63, 3.8) is 0 Å². The number of amides is 1. The van der Waals surface area contributed by atoms with Crippen molar-refractivity contribution in [1.82, 2.24) is 4.98 Å². The van der Waals surface area contributed by atoms with Gasteiger partial charge in [0.15, 0.2) is 5.78 Å². The van der Waals surface area contributed by atoms with Crippen molar-refractivity contribution in [3.8, 4) is 0 Å². The highest BCUT2D eigenvalue weighted by Gasteiger charge is 2.02. The molecule has 0 fully saturated rings. The summed E-state index contributed by atoms with van der Waals surface area (Å²) in [6, 6.07) is 16.5. The molecule has 3 aromatic rings. The first-order valence-corrected chi connectivity index (χ1v) is 7.57. The number of benzene rings is 2. The first-order valence-electron chi connectivity index (χ1n) is 7.57. The Hall–Kier alpha value is -3.27. The summed E-state index contributed by atoms with van der Waals surface area (Å²) in [5.74, 6) is -0.241. The normalized spacial score (nSPS) is 10.9. The van der Waals surface area contributed by atoms with Crippen LogP contribution >= 0.6 is 0 Å². The van der Waals surface area contributed by atoms with Gasteiger partial charge in [-0.2, -0.15) is 0 Å². The quantitative estimate of drug-likeness (QED) is 0.582. The van der Waals surface area contributed by atoms with E-state index < -0.39 is 0 Å². The van der Waals surface area contributed by atoms with Gasteiger partial charge in [0.1, 0.15) is 0 Å². The third-order valence-corrected chi connectivity index (χ3v) is 3.64. The number of nitrogens with one attached hydrogen (secondary N) is 1. The molecule has 0 aliphatic heterocycles. The number of Topliss-reactive ketones (excluding diaryl/α,β-unsaturated/α-hetero) is 1. The van der Waals surface area contributed by atoms with Gasteiger partial charge in [0.05, 0.1) is 5.52 Å². The van der Waals surface area contributed by atoms with E-state index in [-0.39, 0.29) is 11.7 Å². The molecule has 24 heavy (non-hydrogen) atoms. The SMILES string of the molecule is CC(=O)c1ccc(NC(=O)/C=C/c2cccc3cccnc23)cc1. The molecule has 1 aromatic heterocycles. The smallest absolute Gasteiger partial charge is 0.248 e. The molecular formula is C20H16N2O2. The predicted octanol–water partition coefficient (Wildman–Crippen LogP) is 4.09. The first kappa shape index (κ1) is 15.6. The minimum absolute atomic E-state index is 0.00349. The Labute approximate surface area is 139 Å². The number of anilines is 1. The summed E-state index contributed by atoms with van der Waals surface area (Å²) in [4.78, 5) is 27.7. The van der Waals surface area contributed by atoms with Crippen LogP contribution in [0.5, 0.6) is 0 Å². The standard InChI is InChI=1S/C20H16N2O2/c1-14(23)15-7-10-18(11-8-15)22-19(24)12-9-17-5-2-4-16-6-3-13-21-20(16)17/h2-13H,1H3,(H,22,24)/b12-9+. The molecule has 0 aliphatic rings. The highest BCUT2D eigenvalue weighted by atomic mass is 16.1. The molecule has 0 aliphatic carbocycles. The fourth-order valence-electron chi connectivity index (χ4n) is 2.40. The van der Waals surface area contributed by atoms with E-state index in [2.05, 4.69) is 10.3 Å². The van der Waals surface area contributed by atoms with Crippen molar-refractivity contribution >= 4 is 34.4 Å². The van der Waals surface area contributed by atoms with Crippen LogP contribution in [0.3, 0.4) is 0 Å². The van der Waals surface area contributed by atoms with Crippen LogP contribution in [-0.4, -0.2) is 16.7 Å². The van der Waals surface area contributed by atoms with E-state index in [9.17, 15) is 9.59 Å². The number of aromatic nitrogens is 1. The Morgan fingerprint density at radius 1 is 1.00 bits per heavy atom. The van der Waals surface area contributed by atoms with E-state index in [1.54, 1.807) is 36.5 Å². The van der Waals surface area contributed by atoms with Crippen LogP contribution in [0.2, 0.25) is 0 Å². The van der Waals surface area contributed by atoms with E-state index in [1.807, 2.05) is 30.3 Å². The van der Waals surface area contributed by atoms with Gasteiger partial charge in [0, 0.05) is 34.5 Å². The molecule has 1 amide bonds. The van der Waals surface area contributed by atoms with Crippen LogP contribution in [0.25, 0.3) is 17.0 Å². The minimum Gasteiger partial charge on any atom is -0.323 e. The second kappa shape index (κ2) is 6.87. The monoisotopic (exact) mass is 316 g/mol. The molecule has 2 aromatic carbocycles. The molecule has 4 nitrogen and oxygen atoms in total. The molecule has 0 atom stereocenters. The number of hydrogen-bond acceptors (Lipinski definition) is 3. The minimum atomic E-state index is -0.237. The number of ketones is 1. The van der Waals surface area contributed by atoms with Crippen molar-refractivity contribution in [1.29, 1.82) is 0 Å². The maximum atomic E-state index is 12.1. The summed E-state index contributed by atoms with van der Waals surface area (Å²) >= 11 is 0. The predicted molar refractivity (Wildman–Crippen MR) is 95.9 cm³/mol. The Bertz CT molecular complexity index is 923. The lowest BCUT2D eigenvalue weighted by Crippen LogP contribution is -2.07. The zero-order valence-corrected chi connectivity index (χ0v) is 13.2. The van der Waals surface area contributed by atoms with Gasteiger partial charge in [-0.05, 0) is 43.3 Å². The second-order valence-electron chi connectivity index (χ2n) is 5.38. The lowest BCUT2D eigenvalue weighted by atomic mass is 10.1. The number of hydrogen-bond donors (Lipinski definition) is 1. The van der Waals surface area contributed by atoms with Gasteiger partial charge in [-0.15, -0.1) is 0 Å². The molecule has 0 spiro atoms. The number of pyridine rings is 1. The summed E-state index contributed by atoms with van der Waals surface area (Å²) < 4.78 is 0. The van der Waals surface area contributed by atoms with Gasteiger partial charge in [0.25, 0.3) is 0 Å². The Morgan fingerprint density at radius 3 is 2.50 bits per heavy atom. The molecule has 0 saturated heterocycles. The lowest BCUT2D eigenvalue weighted by molar-refractivity contribution is -0.111. The van der Waals surface area contributed by atoms with Crippen molar-refractivity contribution in [3.05, 3.63) is 78.0 Å². The Balaban J connectivity index is 1.74. The highest BCUT2D eigenvalue weighted by Crippen LogP contribution is 2.17. The average molecular weight is 316 g/mol. The van der Waals surface area contributed by atoms with E-state index in [4.69, 9.17) is 0 Å². The van der Waals surface area contributed by atoms with Gasteiger partial charge in [-0.1, -0.05) is 24.3 Å². The van der Waals surface area contributed by atoms with Crippen LogP contribution in [-0.2, 0) is 4.79 Å². The first-order chi connectivity index (χ1) is 11.6. The zero-order chi connectivity index (χ0) is 16.9. The fourth-order valence-corrected chi connectivity index (χ4v) is 2.40. The van der Waals surface area contributed by atoms with E-state index in [0.29, 0.717) is 11.3 Å². The highest BCUT2D eigenvalue weighted by molar-refractivity contribution is 6.03. The van der Waals surface area contributed by atoms with Crippen LogP contribution in [0.15, 0.2) is 66.9 Å². The van der Waals surface area contributed by atoms with Crippen molar-refractivity contribution in [2.75, 3.05) is 5.32 Å². The summed E-state index contributed by atoms with van der Waals surface area (Å²) in [6.45, 7) is 1.51. The van der Waals surface area contributed by atoms with Crippen molar-refractivity contribution < 1.29 is 9.59 Å². The van der Waals surface area contributed by atoms with Crippen LogP contribution in [0, 0.1) is 0 Å². The Morgan fingerprint density at radius 2 is 1.75 bits per heavy atom. The van der Waals surface area contributed by atoms with Gasteiger partial charge in [-0.25, -0.2) is 0 Å². The number of carbonyl (C=O) groups is 2. The van der Waals surface area contributed by atoms with E-state index in [0.717, 1.165) is 16.5 Å². The van der Waals surface area contributed by atoms with Crippen molar-refractivity contribution in [2.45, 2.75) is 6.92 Å². The van der Waals surface area contributed by atoms with Gasteiger partial charge >= 0.3 is 0 Å². The van der Waals surface area contributed by atoms with Crippen LogP contribution < -0.4 is 5.32 Å². The summed E-state index contributed by atoms with van der Waals surface area (Å²) in [5.41, 5.74) is 3.00. The maximum Gasteiger partial charge on any atom is 0.248 e. The fraction of sp³-hybridized carbons (Fsp3) is 0.0500. The van der Waals surface area contributed by atoms with Gasteiger partial charge < -0.3 is 5.32 Å². The molecule has 4 heteroatoms. The van der Waals surface area contributed by atoms with E-state index >= 15 is 0 Å². The second-order valence-corrected chi connectivity index (χ2v) is 5.38. The molecule has 1 N–H and O–H groups in total. The summed E-state index contributed by atoms with van der Waals surface area (Å²) in [6.07, 6.45) is 4.95. The molecule has 0 unspecified atom stereocenters. The summed E-state index contributed by atoms with van der Waals surface area (Å²) in [7, 11) is 0. The van der Waals surface area contributed by atoms with Crippen LogP contribution in [0.4, 0.5) is 5.69 Å². The topological polar surface area (TPSA) is 59.1 Å². The largest absolute Gasteiger partial charge is 0.323 e. The molecule has 0 radical (unpaired) electrons. The van der Waals surface area contributed by atoms with Gasteiger partial charge in [-0.3, -0.25) is 14.6 Å². The molecule has 0 bridgehead atoms. The number of para-hydroxylation sites is 1. The third-order valence-electron chi connectivity index (χ3n) is 3.64. The number of nitrogens with zero attached hydrogens (tertiary/aromatic N) is 1. The molecular weight excluding hydrogens is 300 g/mol. The molecule has 118 valence electrons. The number of rotatable bonds is 4. The Kier molecular flexibility index (Phi) is 4.47. The number of fused-ring (bicyclic) bond motifs is 1. The summed E-state index contributed by atoms with van der Waals surface area (Å²) in [5, 5.41) is 3.80. The molecule has 1 heterocycles. The van der Waals surface area contributed by atoms with Crippen LogP contribution in [0.1, 0.15) is 22.8 Å². The average Bonchev–Trinajstić information content (AvgIpc) is 2.60. The lowest BCUT2D eigenvalue weighted by Gasteiger charge is -2.03. The van der Waals surface area contributed by atoms with Crippen molar-refractivity contribution in [2.24, 2.45) is 0 Å².